The lowest BCUT2D eigenvalue weighted by atomic mass is 10.1. The minimum absolute atomic E-state index is 0.174. The highest BCUT2D eigenvalue weighted by Gasteiger charge is 2.31. The van der Waals surface area contributed by atoms with Crippen LogP contribution in [-0.2, 0) is 10.0 Å². The van der Waals surface area contributed by atoms with Gasteiger partial charge in [0.2, 0.25) is 10.0 Å². The minimum Gasteiger partial charge on any atom is -0.476 e. The third-order valence-electron chi connectivity index (χ3n) is 3.40. The van der Waals surface area contributed by atoms with Crippen LogP contribution < -0.4 is 4.72 Å². The Hall–Kier alpha value is -1.45. The van der Waals surface area contributed by atoms with Crippen molar-refractivity contribution in [2.45, 2.75) is 30.7 Å². The van der Waals surface area contributed by atoms with Crippen molar-refractivity contribution >= 4 is 16.0 Å². The number of aromatic amines is 1. The molecule has 0 radical (unpaired) electrons. The molecule has 2 heterocycles. The number of hydrogen-bond donors (Lipinski definition) is 3. The predicted molar refractivity (Wildman–Crippen MR) is 71.1 cm³/mol. The number of nitrogens with one attached hydrogen (secondary N) is 2. The van der Waals surface area contributed by atoms with E-state index in [1.54, 1.807) is 0 Å². The molecule has 0 spiro atoms. The monoisotopic (exact) mass is 302 g/mol. The van der Waals surface area contributed by atoms with Crippen molar-refractivity contribution in [3.05, 3.63) is 11.4 Å². The van der Waals surface area contributed by atoms with Gasteiger partial charge in [-0.25, -0.2) is 17.9 Å². The molecule has 1 aliphatic heterocycles. The van der Waals surface area contributed by atoms with Gasteiger partial charge in [0, 0.05) is 6.04 Å². The molecule has 1 fully saturated rings. The Morgan fingerprint density at radius 2 is 2.05 bits per heavy atom. The Kier molecular flexibility index (Phi) is 4.11. The molecule has 1 aromatic heterocycles. The number of likely N-dealkylation sites (tertiary alicyclic amines) is 1. The number of piperidine rings is 1. The summed E-state index contributed by atoms with van der Waals surface area (Å²) in [7, 11) is -1.90. The van der Waals surface area contributed by atoms with Crippen LogP contribution in [0.2, 0.25) is 0 Å². The highest BCUT2D eigenvalue weighted by atomic mass is 32.2. The average Bonchev–Trinajstić information content (AvgIpc) is 2.75. The molecule has 3 N–H and O–H groups in total. The summed E-state index contributed by atoms with van der Waals surface area (Å²) in [4.78, 5) is 12.9. The van der Waals surface area contributed by atoms with E-state index in [1.165, 1.54) is 6.92 Å². The van der Waals surface area contributed by atoms with Crippen LogP contribution in [0.3, 0.4) is 0 Å². The summed E-state index contributed by atoms with van der Waals surface area (Å²) in [6.45, 7) is 3.11. The van der Waals surface area contributed by atoms with Gasteiger partial charge in [-0.05, 0) is 39.9 Å². The Bertz CT molecular complexity index is 602. The van der Waals surface area contributed by atoms with Crippen molar-refractivity contribution in [3.63, 3.8) is 0 Å². The number of nitrogens with zero attached hydrogens (tertiary/aromatic N) is 2. The van der Waals surface area contributed by atoms with E-state index in [1.807, 2.05) is 7.05 Å². The number of carboxylic acid groups (broad SMARTS) is 1. The van der Waals surface area contributed by atoms with Gasteiger partial charge in [-0.3, -0.25) is 5.10 Å². The molecule has 112 valence electrons. The number of rotatable bonds is 4. The lowest BCUT2D eigenvalue weighted by Gasteiger charge is -2.29. The SMILES string of the molecule is Cc1[nH]nc(C(=O)O)c1S(=O)(=O)NC1CCN(C)CC1. The molecule has 1 saturated heterocycles. The third-order valence-corrected chi connectivity index (χ3v) is 5.08. The average molecular weight is 302 g/mol. The van der Waals surface area contributed by atoms with Crippen molar-refractivity contribution in [1.29, 1.82) is 0 Å². The van der Waals surface area contributed by atoms with E-state index >= 15 is 0 Å². The Morgan fingerprint density at radius 3 is 2.60 bits per heavy atom. The molecule has 0 unspecified atom stereocenters. The zero-order valence-electron chi connectivity index (χ0n) is 11.4. The first-order valence-electron chi connectivity index (χ1n) is 6.30. The summed E-state index contributed by atoms with van der Waals surface area (Å²) in [5, 5.41) is 14.9. The number of aryl methyl sites for hydroxylation is 1. The van der Waals surface area contributed by atoms with Crippen molar-refractivity contribution in [2.24, 2.45) is 0 Å². The van der Waals surface area contributed by atoms with Crippen LogP contribution in [0, 0.1) is 6.92 Å². The van der Waals surface area contributed by atoms with Crippen LogP contribution in [0.15, 0.2) is 4.90 Å². The number of aromatic nitrogens is 2. The number of carboxylic acids is 1. The Balaban J connectivity index is 2.23. The van der Waals surface area contributed by atoms with Crippen LogP contribution in [0.5, 0.6) is 0 Å². The van der Waals surface area contributed by atoms with Crippen molar-refractivity contribution in [3.8, 4) is 0 Å². The van der Waals surface area contributed by atoms with Crippen LogP contribution in [0.25, 0.3) is 0 Å². The highest BCUT2D eigenvalue weighted by molar-refractivity contribution is 7.89. The molecule has 1 aliphatic rings. The maximum absolute atomic E-state index is 12.3. The molecule has 0 atom stereocenters. The van der Waals surface area contributed by atoms with Gasteiger partial charge in [0.25, 0.3) is 0 Å². The molecule has 1 aromatic rings. The summed E-state index contributed by atoms with van der Waals surface area (Å²) in [6, 6.07) is -0.174. The summed E-state index contributed by atoms with van der Waals surface area (Å²) in [5.74, 6) is -1.36. The van der Waals surface area contributed by atoms with E-state index in [9.17, 15) is 13.2 Å². The second-order valence-corrected chi connectivity index (χ2v) is 6.68. The summed E-state index contributed by atoms with van der Waals surface area (Å²) in [6.07, 6.45) is 1.41. The molecule has 8 nitrogen and oxygen atoms in total. The highest BCUT2D eigenvalue weighted by Crippen LogP contribution is 2.19. The van der Waals surface area contributed by atoms with E-state index < -0.39 is 21.7 Å². The minimum atomic E-state index is -3.88. The smallest absolute Gasteiger partial charge is 0.357 e. The normalized spacial score (nSPS) is 18.3. The zero-order chi connectivity index (χ0) is 14.9. The number of hydrogen-bond acceptors (Lipinski definition) is 5. The quantitative estimate of drug-likeness (QED) is 0.709. The lowest BCUT2D eigenvalue weighted by molar-refractivity contribution is 0.0686. The zero-order valence-corrected chi connectivity index (χ0v) is 12.2. The topological polar surface area (TPSA) is 115 Å². The molecule has 0 saturated carbocycles. The van der Waals surface area contributed by atoms with E-state index in [4.69, 9.17) is 5.11 Å². The largest absolute Gasteiger partial charge is 0.476 e. The van der Waals surface area contributed by atoms with Gasteiger partial charge >= 0.3 is 5.97 Å². The van der Waals surface area contributed by atoms with Crippen LogP contribution in [0.4, 0.5) is 0 Å². The lowest BCUT2D eigenvalue weighted by Crippen LogP contribution is -2.43. The molecular weight excluding hydrogens is 284 g/mol. The fourth-order valence-electron chi connectivity index (χ4n) is 2.30. The number of sulfonamides is 1. The van der Waals surface area contributed by atoms with E-state index in [-0.39, 0.29) is 16.6 Å². The van der Waals surface area contributed by atoms with E-state index in [0.717, 1.165) is 13.1 Å². The second-order valence-electron chi connectivity index (χ2n) is 5.03. The van der Waals surface area contributed by atoms with Crippen LogP contribution in [0.1, 0.15) is 29.0 Å². The van der Waals surface area contributed by atoms with Crippen molar-refractivity contribution < 1.29 is 18.3 Å². The maximum Gasteiger partial charge on any atom is 0.357 e. The van der Waals surface area contributed by atoms with E-state index in [0.29, 0.717) is 12.8 Å². The first-order valence-corrected chi connectivity index (χ1v) is 7.78. The maximum atomic E-state index is 12.3. The van der Waals surface area contributed by atoms with Crippen LogP contribution in [-0.4, -0.2) is 60.8 Å². The molecule has 9 heteroatoms. The van der Waals surface area contributed by atoms with Gasteiger partial charge in [0.1, 0.15) is 4.90 Å². The van der Waals surface area contributed by atoms with Crippen molar-refractivity contribution in [1.82, 2.24) is 19.8 Å². The Morgan fingerprint density at radius 1 is 1.45 bits per heavy atom. The molecule has 0 aromatic carbocycles. The van der Waals surface area contributed by atoms with Gasteiger partial charge < -0.3 is 10.0 Å². The second kappa shape index (κ2) is 5.51. The fourth-order valence-corrected chi connectivity index (χ4v) is 3.93. The number of H-pyrrole nitrogens is 1. The van der Waals surface area contributed by atoms with Crippen LogP contribution >= 0.6 is 0 Å². The number of carbonyl (C=O) groups is 1. The predicted octanol–water partition coefficient (Wildman–Crippen LogP) is -0.211. The first-order chi connectivity index (χ1) is 9.31. The van der Waals surface area contributed by atoms with Gasteiger partial charge in [-0.15, -0.1) is 0 Å². The molecule has 20 heavy (non-hydrogen) atoms. The van der Waals surface area contributed by atoms with Gasteiger partial charge in [-0.1, -0.05) is 0 Å². The Labute approximate surface area is 117 Å². The van der Waals surface area contributed by atoms with Crippen molar-refractivity contribution in [2.75, 3.05) is 20.1 Å². The summed E-state index contributed by atoms with van der Waals surface area (Å²) in [5.41, 5.74) is -0.245. The number of aromatic carboxylic acids is 1. The standard InChI is InChI=1S/C11H18N4O4S/c1-7-10(9(11(16)17)13-12-7)20(18,19)14-8-3-5-15(2)6-4-8/h8,14H,3-6H2,1-2H3,(H,12,13)(H,16,17). The summed E-state index contributed by atoms with van der Waals surface area (Å²) >= 11 is 0. The summed E-state index contributed by atoms with van der Waals surface area (Å²) < 4.78 is 27.3. The van der Waals surface area contributed by atoms with Gasteiger partial charge in [0.15, 0.2) is 5.69 Å². The van der Waals surface area contributed by atoms with Gasteiger partial charge in [-0.2, -0.15) is 5.10 Å². The molecule has 2 rings (SSSR count). The first kappa shape index (κ1) is 14.9. The molecule has 0 bridgehead atoms. The van der Waals surface area contributed by atoms with E-state index in [2.05, 4.69) is 19.8 Å². The van der Waals surface area contributed by atoms with Gasteiger partial charge in [0.05, 0.1) is 5.69 Å². The third kappa shape index (κ3) is 3.00. The molecular formula is C11H18N4O4S. The molecule has 0 aliphatic carbocycles. The fraction of sp³-hybridized carbons (Fsp3) is 0.636. The molecule has 0 amide bonds.